The minimum atomic E-state index is 0.184. The van der Waals surface area contributed by atoms with E-state index in [-0.39, 0.29) is 5.54 Å². The lowest BCUT2D eigenvalue weighted by Gasteiger charge is -2.45. The molecule has 1 N–H and O–H groups in total. The molecular weight excluding hydrogens is 200 g/mol. The zero-order chi connectivity index (χ0) is 12.8. The molecule has 0 aliphatic heterocycles. The molecule has 1 atom stereocenters. The minimum absolute atomic E-state index is 0.184. The maximum atomic E-state index is 5.77. The van der Waals surface area contributed by atoms with Gasteiger partial charge in [-0.3, -0.25) is 0 Å². The Morgan fingerprint density at radius 1 is 1.19 bits per heavy atom. The first-order valence-electron chi connectivity index (χ1n) is 6.40. The fourth-order valence-electron chi connectivity index (χ4n) is 2.48. The number of nitrogens with zero attached hydrogens (tertiary/aromatic N) is 1. The van der Waals surface area contributed by atoms with E-state index in [0.29, 0.717) is 12.1 Å². The standard InChI is InChI=1S/C13H30N2O/c1-8-13(9-2,15(6)7)12(14-5)10-16-11(3)4/h11-12,14H,8-10H2,1-7H3. The number of ether oxygens (including phenoxy) is 1. The first kappa shape index (κ1) is 15.9. The summed E-state index contributed by atoms with van der Waals surface area (Å²) in [6.45, 7) is 9.45. The molecule has 98 valence electrons. The molecule has 1 unspecified atom stereocenters. The normalized spacial score (nSPS) is 14.8. The van der Waals surface area contributed by atoms with Crippen molar-refractivity contribution in [3.63, 3.8) is 0 Å². The van der Waals surface area contributed by atoms with Crippen molar-refractivity contribution in [2.75, 3.05) is 27.7 Å². The number of hydrogen-bond donors (Lipinski definition) is 1. The average molecular weight is 230 g/mol. The van der Waals surface area contributed by atoms with E-state index in [1.54, 1.807) is 0 Å². The van der Waals surface area contributed by atoms with E-state index in [9.17, 15) is 0 Å². The summed E-state index contributed by atoms with van der Waals surface area (Å²) in [5.41, 5.74) is 0.184. The second kappa shape index (κ2) is 7.25. The molecule has 3 heteroatoms. The summed E-state index contributed by atoms with van der Waals surface area (Å²) in [5, 5.41) is 3.41. The van der Waals surface area contributed by atoms with Crippen LogP contribution in [0.15, 0.2) is 0 Å². The third-order valence-corrected chi connectivity index (χ3v) is 3.71. The van der Waals surface area contributed by atoms with Gasteiger partial charge >= 0.3 is 0 Å². The predicted octanol–water partition coefficient (Wildman–Crippen LogP) is 2.12. The van der Waals surface area contributed by atoms with Crippen molar-refractivity contribution in [2.24, 2.45) is 0 Å². The first-order valence-corrected chi connectivity index (χ1v) is 6.40. The van der Waals surface area contributed by atoms with Gasteiger partial charge in [-0.2, -0.15) is 0 Å². The first-order chi connectivity index (χ1) is 7.44. The Morgan fingerprint density at radius 2 is 1.69 bits per heavy atom. The number of rotatable bonds is 8. The molecule has 0 saturated carbocycles. The van der Waals surface area contributed by atoms with Gasteiger partial charge in [-0.05, 0) is 47.8 Å². The lowest BCUT2D eigenvalue weighted by Crippen LogP contribution is -2.59. The molecule has 16 heavy (non-hydrogen) atoms. The molecule has 0 amide bonds. The summed E-state index contributed by atoms with van der Waals surface area (Å²) in [7, 11) is 6.34. The monoisotopic (exact) mass is 230 g/mol. The highest BCUT2D eigenvalue weighted by molar-refractivity contribution is 4.96. The summed E-state index contributed by atoms with van der Waals surface area (Å²) < 4.78 is 5.77. The highest BCUT2D eigenvalue weighted by atomic mass is 16.5. The van der Waals surface area contributed by atoms with Gasteiger partial charge in [0.05, 0.1) is 12.7 Å². The lowest BCUT2D eigenvalue weighted by atomic mass is 9.83. The number of hydrogen-bond acceptors (Lipinski definition) is 3. The van der Waals surface area contributed by atoms with Gasteiger partial charge in [0, 0.05) is 11.6 Å². The Labute approximate surface area is 102 Å². The molecule has 0 heterocycles. The molecular formula is C13H30N2O. The molecule has 0 aromatic carbocycles. The lowest BCUT2D eigenvalue weighted by molar-refractivity contribution is 0.00456. The van der Waals surface area contributed by atoms with Gasteiger partial charge in [-0.1, -0.05) is 13.8 Å². The molecule has 0 aromatic heterocycles. The van der Waals surface area contributed by atoms with Crippen molar-refractivity contribution in [3.8, 4) is 0 Å². The Balaban J connectivity index is 4.70. The quantitative estimate of drug-likeness (QED) is 0.691. The average Bonchev–Trinajstić information content (AvgIpc) is 2.23. The van der Waals surface area contributed by atoms with E-state index in [2.05, 4.69) is 52.0 Å². The highest BCUT2D eigenvalue weighted by Crippen LogP contribution is 2.26. The summed E-state index contributed by atoms with van der Waals surface area (Å²) >= 11 is 0. The van der Waals surface area contributed by atoms with Crippen LogP contribution in [0.25, 0.3) is 0 Å². The van der Waals surface area contributed by atoms with Crippen LogP contribution in [0.3, 0.4) is 0 Å². The maximum absolute atomic E-state index is 5.77. The van der Waals surface area contributed by atoms with Crippen molar-refractivity contribution in [1.82, 2.24) is 10.2 Å². The Bertz CT molecular complexity index is 177. The minimum Gasteiger partial charge on any atom is -0.377 e. The summed E-state index contributed by atoms with van der Waals surface area (Å²) in [6.07, 6.45) is 2.55. The van der Waals surface area contributed by atoms with Crippen molar-refractivity contribution in [2.45, 2.75) is 58.2 Å². The fraction of sp³-hybridized carbons (Fsp3) is 1.00. The van der Waals surface area contributed by atoms with Gasteiger partial charge in [0.1, 0.15) is 0 Å². The molecule has 0 saturated heterocycles. The largest absolute Gasteiger partial charge is 0.377 e. The summed E-state index contributed by atoms with van der Waals surface area (Å²) in [4.78, 5) is 2.33. The zero-order valence-corrected chi connectivity index (χ0v) is 12.1. The third kappa shape index (κ3) is 3.72. The van der Waals surface area contributed by atoms with Crippen LogP contribution in [-0.2, 0) is 4.74 Å². The third-order valence-electron chi connectivity index (χ3n) is 3.71. The maximum Gasteiger partial charge on any atom is 0.0641 e. The molecule has 0 fully saturated rings. The second-order valence-electron chi connectivity index (χ2n) is 4.93. The molecule has 0 spiro atoms. The Hall–Kier alpha value is -0.120. The number of likely N-dealkylation sites (N-methyl/N-ethyl adjacent to an activating group) is 2. The van der Waals surface area contributed by atoms with Crippen LogP contribution < -0.4 is 5.32 Å². The molecule has 0 aliphatic rings. The van der Waals surface area contributed by atoms with E-state index in [1.807, 2.05) is 7.05 Å². The van der Waals surface area contributed by atoms with Crippen LogP contribution in [0.2, 0.25) is 0 Å². The van der Waals surface area contributed by atoms with Gasteiger partial charge in [0.15, 0.2) is 0 Å². The predicted molar refractivity (Wildman–Crippen MR) is 70.9 cm³/mol. The Kier molecular flexibility index (Phi) is 7.20. The van der Waals surface area contributed by atoms with Crippen molar-refractivity contribution >= 4 is 0 Å². The van der Waals surface area contributed by atoms with Gasteiger partial charge in [0.25, 0.3) is 0 Å². The van der Waals surface area contributed by atoms with Crippen LogP contribution in [-0.4, -0.2) is 50.3 Å². The topological polar surface area (TPSA) is 24.5 Å². The van der Waals surface area contributed by atoms with Gasteiger partial charge in [-0.15, -0.1) is 0 Å². The van der Waals surface area contributed by atoms with Gasteiger partial charge in [0.2, 0.25) is 0 Å². The molecule has 0 rings (SSSR count). The summed E-state index contributed by atoms with van der Waals surface area (Å²) in [6, 6.07) is 0.375. The van der Waals surface area contributed by atoms with Crippen LogP contribution >= 0.6 is 0 Å². The van der Waals surface area contributed by atoms with Gasteiger partial charge < -0.3 is 15.0 Å². The molecule has 3 nitrogen and oxygen atoms in total. The van der Waals surface area contributed by atoms with Crippen LogP contribution in [0.5, 0.6) is 0 Å². The van der Waals surface area contributed by atoms with Crippen molar-refractivity contribution in [3.05, 3.63) is 0 Å². The number of nitrogens with one attached hydrogen (secondary N) is 1. The van der Waals surface area contributed by atoms with E-state index in [0.717, 1.165) is 19.4 Å². The van der Waals surface area contributed by atoms with Crippen LogP contribution in [0, 0.1) is 0 Å². The molecule has 0 aromatic rings. The van der Waals surface area contributed by atoms with Crippen molar-refractivity contribution < 1.29 is 4.74 Å². The Morgan fingerprint density at radius 3 is 1.94 bits per heavy atom. The SMILES string of the molecule is CCC(CC)(C(COC(C)C)NC)N(C)C. The zero-order valence-electron chi connectivity index (χ0n) is 12.1. The highest BCUT2D eigenvalue weighted by Gasteiger charge is 2.37. The van der Waals surface area contributed by atoms with E-state index in [4.69, 9.17) is 4.74 Å². The van der Waals surface area contributed by atoms with E-state index < -0.39 is 0 Å². The fourth-order valence-corrected chi connectivity index (χ4v) is 2.48. The molecule has 0 radical (unpaired) electrons. The smallest absolute Gasteiger partial charge is 0.0641 e. The second-order valence-corrected chi connectivity index (χ2v) is 4.93. The van der Waals surface area contributed by atoms with Crippen molar-refractivity contribution in [1.29, 1.82) is 0 Å². The molecule has 0 bridgehead atoms. The molecule has 0 aliphatic carbocycles. The van der Waals surface area contributed by atoms with Crippen LogP contribution in [0.1, 0.15) is 40.5 Å². The van der Waals surface area contributed by atoms with Crippen LogP contribution in [0.4, 0.5) is 0 Å². The van der Waals surface area contributed by atoms with E-state index in [1.165, 1.54) is 0 Å². The van der Waals surface area contributed by atoms with Gasteiger partial charge in [-0.25, -0.2) is 0 Å². The van der Waals surface area contributed by atoms with E-state index >= 15 is 0 Å². The summed E-state index contributed by atoms with van der Waals surface area (Å²) in [5.74, 6) is 0.